The molecule has 1 nitrogen and oxygen atoms in total. The minimum Gasteiger partial charge on any atom is -0.307 e. The van der Waals surface area contributed by atoms with E-state index in [2.05, 4.69) is 50.0 Å². The summed E-state index contributed by atoms with van der Waals surface area (Å²) in [5.74, 6) is 0. The summed E-state index contributed by atoms with van der Waals surface area (Å²) in [5, 5.41) is 3.49. The van der Waals surface area contributed by atoms with Gasteiger partial charge in [-0.3, -0.25) is 0 Å². The van der Waals surface area contributed by atoms with Crippen LogP contribution in [-0.4, -0.2) is 6.54 Å². The summed E-state index contributed by atoms with van der Waals surface area (Å²) < 4.78 is 0. The number of hydrogen-bond acceptors (Lipinski definition) is 1. The minimum atomic E-state index is 0.293. The van der Waals surface area contributed by atoms with Crippen molar-refractivity contribution in [3.05, 3.63) is 48.0 Å². The van der Waals surface area contributed by atoms with Gasteiger partial charge < -0.3 is 5.32 Å². The summed E-state index contributed by atoms with van der Waals surface area (Å²) in [7, 11) is 0. The van der Waals surface area contributed by atoms with Crippen molar-refractivity contribution < 1.29 is 0 Å². The second-order valence-corrected chi connectivity index (χ2v) is 3.72. The van der Waals surface area contributed by atoms with E-state index >= 15 is 0 Å². The maximum absolute atomic E-state index is 3.90. The van der Waals surface area contributed by atoms with Gasteiger partial charge in [0.25, 0.3) is 0 Å². The zero-order valence-corrected chi connectivity index (χ0v) is 9.79. The Morgan fingerprint density at radius 2 is 2.07 bits per heavy atom. The Morgan fingerprint density at radius 1 is 1.33 bits per heavy atom. The van der Waals surface area contributed by atoms with Crippen molar-refractivity contribution >= 4 is 0 Å². The van der Waals surface area contributed by atoms with Gasteiger partial charge in [-0.05, 0) is 30.5 Å². The lowest BCUT2D eigenvalue weighted by molar-refractivity contribution is 0.609. The topological polar surface area (TPSA) is 12.0 Å². The van der Waals surface area contributed by atoms with Gasteiger partial charge in [-0.15, -0.1) is 6.58 Å². The van der Waals surface area contributed by atoms with Crippen molar-refractivity contribution in [2.24, 2.45) is 0 Å². The monoisotopic (exact) mass is 203 g/mol. The second-order valence-electron chi connectivity index (χ2n) is 3.72. The molecule has 0 bridgehead atoms. The van der Waals surface area contributed by atoms with Gasteiger partial charge in [0.05, 0.1) is 6.04 Å². The molecule has 1 N–H and O–H groups in total. The molecule has 0 aliphatic heterocycles. The molecule has 0 aliphatic carbocycles. The molecule has 82 valence electrons. The van der Waals surface area contributed by atoms with E-state index in [4.69, 9.17) is 0 Å². The van der Waals surface area contributed by atoms with Crippen LogP contribution in [-0.2, 0) is 6.42 Å². The predicted molar refractivity (Wildman–Crippen MR) is 67.1 cm³/mol. The van der Waals surface area contributed by atoms with E-state index in [9.17, 15) is 0 Å². The molecule has 0 amide bonds. The Labute approximate surface area is 93.2 Å². The van der Waals surface area contributed by atoms with Crippen molar-refractivity contribution in [1.29, 1.82) is 0 Å². The molecule has 0 heterocycles. The molecule has 0 fully saturated rings. The third-order valence-corrected chi connectivity index (χ3v) is 2.62. The zero-order valence-electron chi connectivity index (χ0n) is 9.79. The third kappa shape index (κ3) is 3.21. The Morgan fingerprint density at radius 3 is 2.67 bits per heavy atom. The molecule has 1 heteroatoms. The lowest BCUT2D eigenvalue weighted by Gasteiger charge is -2.17. The predicted octanol–water partition coefficient (Wildman–Crippen LogP) is 3.48. The van der Waals surface area contributed by atoms with Crippen molar-refractivity contribution in [3.8, 4) is 0 Å². The highest BCUT2D eigenvalue weighted by Crippen LogP contribution is 2.19. The van der Waals surface area contributed by atoms with Gasteiger partial charge in [-0.1, -0.05) is 44.2 Å². The van der Waals surface area contributed by atoms with Crippen molar-refractivity contribution in [2.75, 3.05) is 6.54 Å². The van der Waals surface area contributed by atoms with Crippen molar-refractivity contribution in [3.63, 3.8) is 0 Å². The molecule has 0 radical (unpaired) electrons. The van der Waals surface area contributed by atoms with Crippen LogP contribution in [0.3, 0.4) is 0 Å². The molecule has 0 spiro atoms. The minimum absolute atomic E-state index is 0.293. The molecule has 1 aromatic carbocycles. The smallest absolute Gasteiger partial charge is 0.0506 e. The first-order chi connectivity index (χ1) is 7.33. The molecule has 15 heavy (non-hydrogen) atoms. The Bertz CT molecular complexity index is 304. The van der Waals surface area contributed by atoms with Crippen LogP contribution in [0, 0.1) is 0 Å². The highest BCUT2D eigenvalue weighted by atomic mass is 14.9. The summed E-state index contributed by atoms with van der Waals surface area (Å²) >= 11 is 0. The van der Waals surface area contributed by atoms with Crippen LogP contribution in [0.15, 0.2) is 36.9 Å². The summed E-state index contributed by atoms with van der Waals surface area (Å²) in [6.45, 7) is 9.31. The van der Waals surface area contributed by atoms with E-state index in [0.29, 0.717) is 6.04 Å². The van der Waals surface area contributed by atoms with Gasteiger partial charge in [-0.25, -0.2) is 0 Å². The van der Waals surface area contributed by atoms with E-state index in [1.165, 1.54) is 11.1 Å². The van der Waals surface area contributed by atoms with E-state index in [0.717, 1.165) is 19.4 Å². The number of aryl methyl sites for hydroxylation is 1. The van der Waals surface area contributed by atoms with Gasteiger partial charge in [0.1, 0.15) is 0 Å². The second kappa shape index (κ2) is 6.41. The van der Waals surface area contributed by atoms with Crippen LogP contribution in [0.2, 0.25) is 0 Å². The fraction of sp³-hybridized carbons (Fsp3) is 0.429. The van der Waals surface area contributed by atoms with Crippen LogP contribution in [0.25, 0.3) is 0 Å². The van der Waals surface area contributed by atoms with E-state index in [1.807, 2.05) is 6.08 Å². The molecular formula is C14H21N. The van der Waals surface area contributed by atoms with Crippen LogP contribution >= 0.6 is 0 Å². The maximum atomic E-state index is 3.90. The molecule has 0 aromatic heterocycles. The van der Waals surface area contributed by atoms with E-state index in [-0.39, 0.29) is 0 Å². The normalized spacial score (nSPS) is 12.4. The summed E-state index contributed by atoms with van der Waals surface area (Å²) in [6.07, 6.45) is 4.22. The number of hydrogen-bond donors (Lipinski definition) is 1. The lowest BCUT2D eigenvalue weighted by atomic mass is 9.98. The first kappa shape index (κ1) is 12.0. The lowest BCUT2D eigenvalue weighted by Crippen LogP contribution is -2.21. The average molecular weight is 203 g/mol. The zero-order chi connectivity index (χ0) is 11.1. The van der Waals surface area contributed by atoms with E-state index < -0.39 is 0 Å². The molecule has 1 rings (SSSR count). The van der Waals surface area contributed by atoms with Crippen molar-refractivity contribution in [1.82, 2.24) is 5.32 Å². The summed E-state index contributed by atoms with van der Waals surface area (Å²) in [6, 6.07) is 8.87. The first-order valence-electron chi connectivity index (χ1n) is 5.77. The highest BCUT2D eigenvalue weighted by Gasteiger charge is 2.08. The van der Waals surface area contributed by atoms with Gasteiger partial charge in [0.15, 0.2) is 0 Å². The average Bonchev–Trinajstić information content (AvgIpc) is 2.30. The summed E-state index contributed by atoms with van der Waals surface area (Å²) in [5.41, 5.74) is 2.77. The highest BCUT2D eigenvalue weighted by molar-refractivity contribution is 5.32. The molecular weight excluding hydrogens is 182 g/mol. The van der Waals surface area contributed by atoms with Gasteiger partial charge >= 0.3 is 0 Å². The fourth-order valence-corrected chi connectivity index (χ4v) is 1.78. The Kier molecular flexibility index (Phi) is 5.13. The summed E-state index contributed by atoms with van der Waals surface area (Å²) in [4.78, 5) is 0. The largest absolute Gasteiger partial charge is 0.307 e. The van der Waals surface area contributed by atoms with E-state index in [1.54, 1.807) is 0 Å². The Hall–Kier alpha value is -1.08. The molecule has 1 atom stereocenters. The van der Waals surface area contributed by atoms with Crippen LogP contribution in [0.5, 0.6) is 0 Å². The number of nitrogens with one attached hydrogen (secondary N) is 1. The molecule has 1 unspecified atom stereocenters. The maximum Gasteiger partial charge on any atom is 0.0506 e. The van der Waals surface area contributed by atoms with Gasteiger partial charge in [0, 0.05) is 0 Å². The third-order valence-electron chi connectivity index (χ3n) is 2.62. The fourth-order valence-electron chi connectivity index (χ4n) is 1.78. The molecule has 0 saturated carbocycles. The molecule has 0 aliphatic rings. The quantitative estimate of drug-likeness (QED) is 0.698. The van der Waals surface area contributed by atoms with Crippen LogP contribution in [0.1, 0.15) is 37.4 Å². The van der Waals surface area contributed by atoms with Gasteiger partial charge in [-0.2, -0.15) is 0 Å². The first-order valence-corrected chi connectivity index (χ1v) is 5.77. The number of benzene rings is 1. The standard InChI is InChI=1S/C14H21N/c1-4-11-15-14(6-3)13-10-8-7-9-12(13)5-2/h6-10,14-15H,3-5,11H2,1-2H3. The Balaban J connectivity index is 2.85. The van der Waals surface area contributed by atoms with Gasteiger partial charge in [0.2, 0.25) is 0 Å². The van der Waals surface area contributed by atoms with Crippen LogP contribution < -0.4 is 5.32 Å². The SMILES string of the molecule is C=CC(NCCC)c1ccccc1CC. The molecule has 1 aromatic rings. The molecule has 0 saturated heterocycles. The van der Waals surface area contributed by atoms with Crippen molar-refractivity contribution in [2.45, 2.75) is 32.7 Å². The van der Waals surface area contributed by atoms with Crippen LogP contribution in [0.4, 0.5) is 0 Å². The number of rotatable bonds is 6.